The molecule has 3 heterocycles. The van der Waals surface area contributed by atoms with Crippen molar-refractivity contribution in [1.82, 2.24) is 19.8 Å². The van der Waals surface area contributed by atoms with Crippen LogP contribution in [0.25, 0.3) is 0 Å². The Bertz CT molecular complexity index is 997. The van der Waals surface area contributed by atoms with Crippen molar-refractivity contribution in [3.63, 3.8) is 0 Å². The lowest BCUT2D eigenvalue weighted by molar-refractivity contribution is -0.126. The second kappa shape index (κ2) is 7.68. The molecule has 1 unspecified atom stereocenters. The number of pyridine rings is 1. The number of hydrogen-bond donors (Lipinski definition) is 1. The summed E-state index contributed by atoms with van der Waals surface area (Å²) in [7, 11) is 0. The van der Waals surface area contributed by atoms with Gasteiger partial charge in [-0.15, -0.1) is 0 Å². The summed E-state index contributed by atoms with van der Waals surface area (Å²) in [6.45, 7) is 3.24. The van der Waals surface area contributed by atoms with E-state index in [1.807, 2.05) is 60.2 Å². The average molecular weight is 374 g/mol. The van der Waals surface area contributed by atoms with E-state index >= 15 is 0 Å². The highest BCUT2D eigenvalue weighted by atomic mass is 16.2. The third-order valence-corrected chi connectivity index (χ3v) is 4.98. The van der Waals surface area contributed by atoms with Crippen LogP contribution in [0.15, 0.2) is 67.1 Å². The first-order chi connectivity index (χ1) is 13.6. The van der Waals surface area contributed by atoms with E-state index in [9.17, 15) is 9.59 Å². The summed E-state index contributed by atoms with van der Waals surface area (Å²) < 4.78 is 1.85. The Hall–Kier alpha value is -3.41. The van der Waals surface area contributed by atoms with Crippen LogP contribution in [0.3, 0.4) is 0 Å². The van der Waals surface area contributed by atoms with Crippen LogP contribution in [0.1, 0.15) is 27.2 Å². The average Bonchev–Trinajstić information content (AvgIpc) is 3.18. The molecule has 3 aromatic rings. The molecule has 1 atom stereocenters. The maximum absolute atomic E-state index is 13.0. The molecule has 0 saturated carbocycles. The number of nitrogens with one attached hydrogen (secondary N) is 1. The van der Waals surface area contributed by atoms with Crippen molar-refractivity contribution >= 4 is 11.8 Å². The highest BCUT2D eigenvalue weighted by Crippen LogP contribution is 2.21. The van der Waals surface area contributed by atoms with Crippen LogP contribution in [0.2, 0.25) is 0 Å². The van der Waals surface area contributed by atoms with E-state index in [1.165, 1.54) is 0 Å². The lowest BCUT2D eigenvalue weighted by Crippen LogP contribution is -2.54. The number of nitrogens with zero attached hydrogens (tertiary/aromatic N) is 3. The summed E-state index contributed by atoms with van der Waals surface area (Å²) in [6, 6.07) is 14.8. The largest absolute Gasteiger partial charge is 0.350 e. The topological polar surface area (TPSA) is 67.2 Å². The van der Waals surface area contributed by atoms with Crippen molar-refractivity contribution in [3.05, 3.63) is 89.5 Å². The van der Waals surface area contributed by atoms with Gasteiger partial charge in [-0.1, -0.05) is 35.9 Å². The predicted octanol–water partition coefficient (Wildman–Crippen LogP) is 2.53. The van der Waals surface area contributed by atoms with Crippen LogP contribution < -0.4 is 5.32 Å². The third kappa shape index (κ3) is 3.67. The molecular formula is C22H22N4O2. The number of carbonyl (C=O) groups is 2. The van der Waals surface area contributed by atoms with Gasteiger partial charge in [0.2, 0.25) is 5.91 Å². The Labute approximate surface area is 163 Å². The van der Waals surface area contributed by atoms with Gasteiger partial charge in [-0.3, -0.25) is 14.6 Å². The van der Waals surface area contributed by atoms with Gasteiger partial charge in [0.1, 0.15) is 11.7 Å². The summed E-state index contributed by atoms with van der Waals surface area (Å²) in [6.07, 6.45) is 5.26. The number of benzene rings is 1. The molecule has 2 amide bonds. The van der Waals surface area contributed by atoms with E-state index in [2.05, 4.69) is 10.3 Å². The molecular weight excluding hydrogens is 352 g/mol. The first-order valence-electron chi connectivity index (χ1n) is 9.30. The van der Waals surface area contributed by atoms with E-state index < -0.39 is 6.04 Å². The third-order valence-electron chi connectivity index (χ3n) is 4.98. The smallest absolute Gasteiger partial charge is 0.271 e. The van der Waals surface area contributed by atoms with Crippen molar-refractivity contribution in [1.29, 1.82) is 0 Å². The molecule has 0 radical (unpaired) electrons. The molecule has 142 valence electrons. The van der Waals surface area contributed by atoms with Gasteiger partial charge in [0.05, 0.1) is 6.54 Å². The van der Waals surface area contributed by atoms with E-state index in [-0.39, 0.29) is 11.8 Å². The van der Waals surface area contributed by atoms with Crippen molar-refractivity contribution in [2.75, 3.05) is 0 Å². The van der Waals surface area contributed by atoms with Gasteiger partial charge < -0.3 is 14.8 Å². The van der Waals surface area contributed by atoms with Gasteiger partial charge in [-0.2, -0.15) is 0 Å². The van der Waals surface area contributed by atoms with Crippen LogP contribution in [0.5, 0.6) is 0 Å². The number of rotatable bonds is 5. The summed E-state index contributed by atoms with van der Waals surface area (Å²) in [5.74, 6) is -0.297. The molecule has 2 aromatic heterocycles. The fraction of sp³-hybridized carbons (Fsp3) is 0.227. The maximum Gasteiger partial charge on any atom is 0.271 e. The van der Waals surface area contributed by atoms with Crippen LogP contribution >= 0.6 is 0 Å². The lowest BCUT2D eigenvalue weighted by atomic mass is 10.1. The second-order valence-corrected chi connectivity index (χ2v) is 7.06. The van der Waals surface area contributed by atoms with E-state index in [1.54, 1.807) is 23.4 Å². The number of aromatic nitrogens is 2. The zero-order valence-electron chi connectivity index (χ0n) is 15.7. The molecule has 1 aliphatic heterocycles. The highest BCUT2D eigenvalue weighted by molar-refractivity contribution is 5.97. The number of amides is 2. The monoisotopic (exact) mass is 374 g/mol. The van der Waals surface area contributed by atoms with Gasteiger partial charge in [0, 0.05) is 31.7 Å². The molecule has 6 nitrogen and oxygen atoms in total. The molecule has 0 bridgehead atoms. The molecule has 0 fully saturated rings. The SMILES string of the molecule is Cc1cccc(CNC(=O)C2Cn3cccc3C(=O)N2Cc2cccnc2)c1. The van der Waals surface area contributed by atoms with Crippen molar-refractivity contribution in [2.24, 2.45) is 0 Å². The Morgan fingerprint density at radius 2 is 2.04 bits per heavy atom. The van der Waals surface area contributed by atoms with Crippen LogP contribution in [0, 0.1) is 6.92 Å². The molecule has 1 aliphatic rings. The molecule has 28 heavy (non-hydrogen) atoms. The summed E-state index contributed by atoms with van der Waals surface area (Å²) in [5, 5.41) is 2.99. The minimum absolute atomic E-state index is 0.143. The van der Waals surface area contributed by atoms with E-state index in [0.717, 1.165) is 16.7 Å². The Morgan fingerprint density at radius 1 is 1.18 bits per heavy atom. The normalized spacial score (nSPS) is 16.0. The molecule has 0 spiro atoms. The summed E-state index contributed by atoms with van der Waals surface area (Å²) in [4.78, 5) is 31.8. The van der Waals surface area contributed by atoms with Crippen molar-refractivity contribution < 1.29 is 9.59 Å². The molecule has 1 N–H and O–H groups in total. The standard InChI is InChI=1S/C22H22N4O2/c1-16-5-2-6-17(11-16)13-24-21(27)20-15-25-10-4-8-19(25)22(28)26(20)14-18-7-3-9-23-12-18/h2-12,20H,13-15H2,1H3,(H,24,27). The fourth-order valence-electron chi connectivity index (χ4n) is 3.56. The Morgan fingerprint density at radius 3 is 2.82 bits per heavy atom. The molecule has 1 aromatic carbocycles. The highest BCUT2D eigenvalue weighted by Gasteiger charge is 2.36. The molecule has 0 saturated heterocycles. The number of hydrogen-bond acceptors (Lipinski definition) is 3. The number of aryl methyl sites for hydroxylation is 1. The van der Waals surface area contributed by atoms with Crippen molar-refractivity contribution in [2.45, 2.75) is 32.6 Å². The second-order valence-electron chi connectivity index (χ2n) is 7.06. The minimum Gasteiger partial charge on any atom is -0.350 e. The van der Waals surface area contributed by atoms with E-state index in [0.29, 0.717) is 25.3 Å². The summed E-state index contributed by atoms with van der Waals surface area (Å²) >= 11 is 0. The number of carbonyl (C=O) groups excluding carboxylic acids is 2. The number of fused-ring (bicyclic) bond motifs is 1. The lowest BCUT2D eigenvalue weighted by Gasteiger charge is -2.35. The fourth-order valence-corrected chi connectivity index (χ4v) is 3.56. The summed E-state index contributed by atoms with van der Waals surface area (Å²) in [5.41, 5.74) is 3.68. The van der Waals surface area contributed by atoms with Crippen LogP contribution in [-0.2, 0) is 24.4 Å². The van der Waals surface area contributed by atoms with E-state index in [4.69, 9.17) is 0 Å². The van der Waals surface area contributed by atoms with Gasteiger partial charge in [-0.05, 0) is 36.2 Å². The van der Waals surface area contributed by atoms with Crippen LogP contribution in [-0.4, -0.2) is 32.3 Å². The molecule has 4 rings (SSSR count). The van der Waals surface area contributed by atoms with Gasteiger partial charge in [-0.25, -0.2) is 0 Å². The minimum atomic E-state index is -0.572. The predicted molar refractivity (Wildman–Crippen MR) is 105 cm³/mol. The van der Waals surface area contributed by atoms with Gasteiger partial charge >= 0.3 is 0 Å². The first kappa shape index (κ1) is 18.0. The zero-order valence-corrected chi connectivity index (χ0v) is 15.7. The zero-order chi connectivity index (χ0) is 19.5. The van der Waals surface area contributed by atoms with Gasteiger partial charge in [0.25, 0.3) is 5.91 Å². The van der Waals surface area contributed by atoms with Gasteiger partial charge in [0.15, 0.2) is 0 Å². The Kier molecular flexibility index (Phi) is 4.93. The quantitative estimate of drug-likeness (QED) is 0.746. The van der Waals surface area contributed by atoms with Crippen molar-refractivity contribution in [3.8, 4) is 0 Å². The maximum atomic E-state index is 13.0. The Balaban J connectivity index is 1.55. The molecule has 6 heteroatoms. The first-order valence-corrected chi connectivity index (χ1v) is 9.30. The van der Waals surface area contributed by atoms with Crippen LogP contribution in [0.4, 0.5) is 0 Å². The molecule has 0 aliphatic carbocycles.